The van der Waals surface area contributed by atoms with Crippen LogP contribution in [0.1, 0.15) is 18.7 Å². The molecule has 0 spiro atoms. The highest BCUT2D eigenvalue weighted by molar-refractivity contribution is 6.76. The Bertz CT molecular complexity index is 1600. The third-order valence-corrected chi connectivity index (χ3v) is 9.47. The summed E-state index contributed by atoms with van der Waals surface area (Å²) >= 11 is 0. The highest BCUT2D eigenvalue weighted by Gasteiger charge is 2.29. The van der Waals surface area contributed by atoms with Crippen molar-refractivity contribution >= 4 is 42.6 Å². The van der Waals surface area contributed by atoms with Crippen LogP contribution in [0, 0.1) is 0 Å². The number of anilines is 1. The van der Waals surface area contributed by atoms with Gasteiger partial charge >= 0.3 is 5.91 Å². The number of pyridine rings is 1. The quantitative estimate of drug-likeness (QED) is 0.282. The van der Waals surface area contributed by atoms with Crippen LogP contribution in [0.25, 0.3) is 27.7 Å². The number of aromatic nitrogens is 3. The molecule has 220 valence electrons. The largest absolute Gasteiger partial charge is 0.377 e. The number of benzene rings is 1. The molecule has 3 aromatic rings. The van der Waals surface area contributed by atoms with E-state index in [4.69, 9.17) is 19.6 Å². The summed E-state index contributed by atoms with van der Waals surface area (Å²) < 4.78 is 28.5. The fourth-order valence-corrected chi connectivity index (χ4v) is 6.16. The predicted molar refractivity (Wildman–Crippen MR) is 164 cm³/mol. The number of halogens is 1. The minimum Gasteiger partial charge on any atom is -0.377 e. The number of ether oxygens (including phenoxy) is 2. The summed E-state index contributed by atoms with van der Waals surface area (Å²) in [6, 6.07) is 10.7. The van der Waals surface area contributed by atoms with Gasteiger partial charge in [0.1, 0.15) is 18.7 Å². The summed E-state index contributed by atoms with van der Waals surface area (Å²) in [6.45, 7) is 12.1. The number of nitrogens with one attached hydrogen (secondary N) is 1. The average molecular weight is 590 g/mol. The molecule has 0 aliphatic carbocycles. The summed E-state index contributed by atoms with van der Waals surface area (Å²) in [5.74, 6) is -0.927. The van der Waals surface area contributed by atoms with Crippen LogP contribution in [0.2, 0.25) is 25.7 Å². The van der Waals surface area contributed by atoms with Crippen LogP contribution < -0.4 is 10.3 Å². The third-order valence-electron chi connectivity index (χ3n) is 7.76. The summed E-state index contributed by atoms with van der Waals surface area (Å²) in [4.78, 5) is 23.0. The van der Waals surface area contributed by atoms with E-state index in [1.165, 1.54) is 6.21 Å². The number of morpholine rings is 1. The average Bonchev–Trinajstić information content (AvgIpc) is 3.69. The van der Waals surface area contributed by atoms with Crippen LogP contribution in [-0.4, -0.2) is 79.1 Å². The Balaban J connectivity index is 1.44. The van der Waals surface area contributed by atoms with E-state index in [-0.39, 0.29) is 17.8 Å². The molecule has 3 aliphatic heterocycles. The topological polar surface area (TPSA) is 97.1 Å². The smallest absolute Gasteiger partial charge is 0.306 e. The Kier molecular flexibility index (Phi) is 7.79. The summed E-state index contributed by atoms with van der Waals surface area (Å²) in [5, 5.41) is 7.60. The number of hydrogen-bond donors (Lipinski definition) is 1. The first kappa shape index (κ1) is 28.4. The zero-order valence-corrected chi connectivity index (χ0v) is 25.4. The number of rotatable bonds is 9. The zero-order chi connectivity index (χ0) is 29.4. The Labute approximate surface area is 245 Å². The van der Waals surface area contributed by atoms with Crippen molar-refractivity contribution in [1.29, 1.82) is 0 Å². The van der Waals surface area contributed by atoms with E-state index in [0.717, 1.165) is 28.4 Å². The van der Waals surface area contributed by atoms with Gasteiger partial charge in [-0.3, -0.25) is 4.79 Å². The Hall–Kier alpha value is -3.71. The van der Waals surface area contributed by atoms with Gasteiger partial charge in [-0.1, -0.05) is 43.9 Å². The highest BCUT2D eigenvalue weighted by Crippen LogP contribution is 2.39. The number of carbonyl (C=O) groups is 1. The first-order valence-electron chi connectivity index (χ1n) is 14.3. The Morgan fingerprint density at radius 2 is 2.00 bits per heavy atom. The van der Waals surface area contributed by atoms with Crippen LogP contribution in [0.15, 0.2) is 59.6 Å². The van der Waals surface area contributed by atoms with Crippen LogP contribution >= 0.6 is 0 Å². The summed E-state index contributed by atoms with van der Waals surface area (Å²) in [6.07, 6.45) is 6.75. The molecule has 0 radical (unpaired) electrons. The first-order chi connectivity index (χ1) is 20.2. The molecule has 42 heavy (non-hydrogen) atoms. The fourth-order valence-electron chi connectivity index (χ4n) is 5.40. The number of allylic oxidation sites excluding steroid dienone is 1. The molecule has 1 aromatic carbocycles. The van der Waals surface area contributed by atoms with E-state index in [1.54, 1.807) is 6.20 Å². The van der Waals surface area contributed by atoms with Crippen molar-refractivity contribution in [2.45, 2.75) is 44.8 Å². The van der Waals surface area contributed by atoms with Gasteiger partial charge in [0, 0.05) is 44.6 Å². The van der Waals surface area contributed by atoms with Gasteiger partial charge in [0.15, 0.2) is 11.5 Å². The SMILES string of the molecule is CC1COCCN1c1cc(-c2ccccc2C2=C(F)C(=O)N=C2)c2cnn(C3C=CNN3COCC[Si](C)(C)C)c2n1. The number of hydrazine groups is 1. The van der Waals surface area contributed by atoms with Gasteiger partial charge in [0.2, 0.25) is 0 Å². The van der Waals surface area contributed by atoms with Crippen molar-refractivity contribution in [2.75, 3.05) is 38.0 Å². The van der Waals surface area contributed by atoms with Crippen LogP contribution in [0.4, 0.5) is 10.2 Å². The van der Waals surface area contributed by atoms with Crippen molar-refractivity contribution < 1.29 is 18.7 Å². The molecule has 2 unspecified atom stereocenters. The summed E-state index contributed by atoms with van der Waals surface area (Å²) in [5.41, 5.74) is 6.34. The lowest BCUT2D eigenvalue weighted by Crippen LogP contribution is -2.44. The molecule has 1 fully saturated rings. The van der Waals surface area contributed by atoms with E-state index < -0.39 is 19.8 Å². The number of fused-ring (bicyclic) bond motifs is 1. The number of aliphatic imine (C=N–C) groups is 1. The minimum atomic E-state index is -1.20. The molecule has 2 atom stereocenters. The third kappa shape index (κ3) is 5.54. The van der Waals surface area contributed by atoms with Gasteiger partial charge in [-0.05, 0) is 41.8 Å². The molecule has 2 aromatic heterocycles. The fraction of sp³-hybridized carbons (Fsp3) is 0.400. The lowest BCUT2D eigenvalue weighted by molar-refractivity contribution is -0.115. The Morgan fingerprint density at radius 1 is 1.19 bits per heavy atom. The van der Waals surface area contributed by atoms with Gasteiger partial charge in [-0.15, -0.1) is 0 Å². The van der Waals surface area contributed by atoms with Gasteiger partial charge in [-0.25, -0.2) is 19.0 Å². The molecule has 1 saturated heterocycles. The zero-order valence-electron chi connectivity index (χ0n) is 24.4. The van der Waals surface area contributed by atoms with E-state index >= 15 is 0 Å². The minimum absolute atomic E-state index is 0.118. The van der Waals surface area contributed by atoms with E-state index in [1.807, 2.05) is 52.3 Å². The van der Waals surface area contributed by atoms with Gasteiger partial charge in [0.25, 0.3) is 0 Å². The van der Waals surface area contributed by atoms with Gasteiger partial charge < -0.3 is 19.8 Å². The van der Waals surface area contributed by atoms with Crippen LogP contribution in [0.3, 0.4) is 0 Å². The molecule has 10 nitrogen and oxygen atoms in total. The second-order valence-corrected chi connectivity index (χ2v) is 17.6. The second-order valence-electron chi connectivity index (χ2n) is 12.0. The predicted octanol–water partition coefficient (Wildman–Crippen LogP) is 4.76. The van der Waals surface area contributed by atoms with E-state index in [0.29, 0.717) is 44.3 Å². The molecule has 3 aliphatic rings. The van der Waals surface area contributed by atoms with Crippen molar-refractivity contribution in [2.24, 2.45) is 4.99 Å². The Morgan fingerprint density at radius 3 is 2.74 bits per heavy atom. The van der Waals surface area contributed by atoms with Gasteiger partial charge in [-0.2, -0.15) is 10.1 Å². The molecule has 12 heteroatoms. The summed E-state index contributed by atoms with van der Waals surface area (Å²) in [7, 11) is -1.20. The van der Waals surface area contributed by atoms with Crippen molar-refractivity contribution in [3.63, 3.8) is 0 Å². The van der Waals surface area contributed by atoms with E-state index in [2.05, 4.69) is 41.9 Å². The number of amides is 1. The van der Waals surface area contributed by atoms with E-state index in [9.17, 15) is 9.18 Å². The highest BCUT2D eigenvalue weighted by atomic mass is 28.3. The van der Waals surface area contributed by atoms with Crippen LogP contribution in [0.5, 0.6) is 0 Å². The molecule has 5 heterocycles. The lowest BCUT2D eigenvalue weighted by atomic mass is 9.93. The second kappa shape index (κ2) is 11.5. The maximum absolute atomic E-state index is 14.9. The van der Waals surface area contributed by atoms with Gasteiger partial charge in [0.05, 0.1) is 25.5 Å². The monoisotopic (exact) mass is 589 g/mol. The number of carbonyl (C=O) groups excluding carboxylic acids is 1. The lowest BCUT2D eigenvalue weighted by Gasteiger charge is -2.34. The van der Waals surface area contributed by atoms with Crippen molar-refractivity contribution in [1.82, 2.24) is 25.2 Å². The molecular formula is C30H36FN7O3Si. The molecule has 1 amide bonds. The van der Waals surface area contributed by atoms with Crippen molar-refractivity contribution in [3.05, 3.63) is 60.2 Å². The molecular weight excluding hydrogens is 553 g/mol. The normalized spacial score (nSPS) is 21.3. The molecule has 0 bridgehead atoms. The standard InChI is InChI=1S/C30H36FN7O3Si/c1-20-18-40-12-11-36(20)26-15-23(21-7-5-6-8-22(21)24-16-32-30(39)28(24)31)25-17-34-38(29(25)35-26)27-9-10-33-37(27)19-41-13-14-42(2,3)4/h5-10,15-17,20,27,33H,11-14,18-19H2,1-4H3. The molecule has 0 saturated carbocycles. The van der Waals surface area contributed by atoms with Crippen LogP contribution in [-0.2, 0) is 14.3 Å². The molecule has 6 rings (SSSR count). The number of hydrogen-bond acceptors (Lipinski definition) is 8. The number of nitrogens with zero attached hydrogens (tertiary/aromatic N) is 6. The van der Waals surface area contributed by atoms with Crippen molar-refractivity contribution in [3.8, 4) is 11.1 Å². The molecule has 1 N–H and O–H groups in total. The maximum atomic E-state index is 14.9. The maximum Gasteiger partial charge on any atom is 0.306 e. The first-order valence-corrected chi connectivity index (χ1v) is 18.0.